The zero-order chi connectivity index (χ0) is 10.8. The Labute approximate surface area is 86.1 Å². The van der Waals surface area contributed by atoms with Gasteiger partial charge in [0.25, 0.3) is 0 Å². The first-order chi connectivity index (χ1) is 6.45. The predicted octanol–water partition coefficient (Wildman–Crippen LogP) is 3.17. The fourth-order valence-corrected chi connectivity index (χ4v) is 1.03. The van der Waals surface area contributed by atoms with Gasteiger partial charge in [0.2, 0.25) is 0 Å². The van der Waals surface area contributed by atoms with Crippen LogP contribution in [-0.4, -0.2) is 5.97 Å². The topological polar surface area (TPSA) is 26.3 Å². The molecular formula is C8H4BrF3O2. The normalized spacial score (nSPS) is 11.1. The molecule has 6 heteroatoms. The molecule has 0 saturated heterocycles. The Morgan fingerprint density at radius 2 is 1.71 bits per heavy atom. The van der Waals surface area contributed by atoms with Crippen LogP contribution in [0.3, 0.4) is 0 Å². The van der Waals surface area contributed by atoms with Gasteiger partial charge in [0.1, 0.15) is 0 Å². The first kappa shape index (κ1) is 11.0. The van der Waals surface area contributed by atoms with Gasteiger partial charge in [-0.3, -0.25) is 0 Å². The number of benzene rings is 1. The lowest BCUT2D eigenvalue weighted by Gasteiger charge is -2.05. The second-order valence-corrected chi connectivity index (χ2v) is 2.76. The third kappa shape index (κ3) is 2.47. The second-order valence-electron chi connectivity index (χ2n) is 2.44. The number of carbonyl (C=O) groups is 1. The van der Waals surface area contributed by atoms with Crippen LogP contribution in [0, 0.1) is 0 Å². The van der Waals surface area contributed by atoms with Crippen molar-refractivity contribution in [1.29, 1.82) is 0 Å². The smallest absolute Gasteiger partial charge is 0.380 e. The summed E-state index contributed by atoms with van der Waals surface area (Å²) in [5.41, 5.74) is -0.751. The van der Waals surface area contributed by atoms with E-state index in [1.54, 1.807) is 0 Å². The van der Waals surface area contributed by atoms with Crippen molar-refractivity contribution < 1.29 is 21.8 Å². The fraction of sp³-hybridized carbons (Fsp3) is 0.125. The molecule has 0 aliphatic heterocycles. The molecule has 2 nitrogen and oxygen atoms in total. The summed E-state index contributed by atoms with van der Waals surface area (Å²) in [5, 5.41) is 0. The number of hydrogen-bond donors (Lipinski definition) is 0. The highest BCUT2D eigenvalue weighted by atomic mass is 79.9. The van der Waals surface area contributed by atoms with E-state index in [2.05, 4.69) is 20.1 Å². The van der Waals surface area contributed by atoms with E-state index in [1.807, 2.05) is 0 Å². The molecule has 0 atom stereocenters. The molecule has 0 unspecified atom stereocenters. The van der Waals surface area contributed by atoms with E-state index in [4.69, 9.17) is 0 Å². The van der Waals surface area contributed by atoms with Crippen molar-refractivity contribution in [1.82, 2.24) is 0 Å². The molecule has 14 heavy (non-hydrogen) atoms. The summed E-state index contributed by atoms with van der Waals surface area (Å²) in [4.78, 5) is 10.8. The summed E-state index contributed by atoms with van der Waals surface area (Å²) in [7, 11) is 0. The standard InChI is InChI=1S/C8H4BrF3O2/c9-14-7(13)5-1-3-6(4-2-5)8(10,11)12/h1-4H. The van der Waals surface area contributed by atoms with E-state index in [-0.39, 0.29) is 5.56 Å². The molecule has 0 heterocycles. The highest BCUT2D eigenvalue weighted by molar-refractivity contribution is 9.06. The molecule has 1 aromatic carbocycles. The van der Waals surface area contributed by atoms with Gasteiger partial charge >= 0.3 is 12.1 Å². The minimum Gasteiger partial charge on any atom is -0.380 e. The highest BCUT2D eigenvalue weighted by Crippen LogP contribution is 2.29. The van der Waals surface area contributed by atoms with Gasteiger partial charge in [-0.05, 0) is 24.3 Å². The Hall–Kier alpha value is -1.04. The summed E-state index contributed by atoms with van der Waals surface area (Å²) in [5.74, 6) is -0.737. The molecule has 0 aromatic heterocycles. The Kier molecular flexibility index (Phi) is 3.15. The summed E-state index contributed by atoms with van der Waals surface area (Å²) in [6, 6.07) is 3.73. The molecule has 0 N–H and O–H groups in total. The Balaban J connectivity index is 2.95. The van der Waals surface area contributed by atoms with Crippen LogP contribution in [0.25, 0.3) is 0 Å². The van der Waals surface area contributed by atoms with Crippen molar-refractivity contribution in [3.05, 3.63) is 35.4 Å². The van der Waals surface area contributed by atoms with Crippen molar-refractivity contribution in [3.8, 4) is 0 Å². The molecule has 0 fully saturated rings. The van der Waals surface area contributed by atoms with E-state index in [1.165, 1.54) is 0 Å². The third-order valence-corrected chi connectivity index (χ3v) is 1.81. The Morgan fingerprint density at radius 1 is 1.21 bits per heavy atom. The van der Waals surface area contributed by atoms with Crippen molar-refractivity contribution >= 4 is 22.2 Å². The van der Waals surface area contributed by atoms with Gasteiger partial charge in [0.05, 0.1) is 11.1 Å². The molecule has 1 aromatic rings. The molecule has 0 aliphatic rings. The number of carbonyl (C=O) groups excluding carboxylic acids is 1. The van der Waals surface area contributed by atoms with E-state index >= 15 is 0 Å². The number of rotatable bonds is 1. The quantitative estimate of drug-likeness (QED) is 0.782. The molecule has 0 amide bonds. The van der Waals surface area contributed by atoms with Gasteiger partial charge in [-0.15, -0.1) is 0 Å². The van der Waals surface area contributed by atoms with E-state index in [0.29, 0.717) is 0 Å². The molecule has 0 saturated carbocycles. The van der Waals surface area contributed by atoms with Gasteiger partial charge in [-0.1, -0.05) is 0 Å². The van der Waals surface area contributed by atoms with Gasteiger partial charge in [0, 0.05) is 0 Å². The molecule has 0 bridgehead atoms. The molecule has 76 valence electrons. The van der Waals surface area contributed by atoms with Crippen LogP contribution >= 0.6 is 16.3 Å². The van der Waals surface area contributed by atoms with Crippen LogP contribution in [0.1, 0.15) is 15.9 Å². The average Bonchev–Trinajstić information content (AvgIpc) is 2.15. The van der Waals surface area contributed by atoms with E-state index < -0.39 is 17.7 Å². The maximum absolute atomic E-state index is 12.1. The monoisotopic (exact) mass is 268 g/mol. The van der Waals surface area contributed by atoms with Crippen LogP contribution in [0.4, 0.5) is 13.2 Å². The van der Waals surface area contributed by atoms with Crippen LogP contribution < -0.4 is 0 Å². The van der Waals surface area contributed by atoms with E-state index in [0.717, 1.165) is 24.3 Å². The zero-order valence-electron chi connectivity index (χ0n) is 6.64. The minimum atomic E-state index is -4.39. The molecule has 1 rings (SSSR count). The lowest BCUT2D eigenvalue weighted by molar-refractivity contribution is -0.137. The van der Waals surface area contributed by atoms with Crippen molar-refractivity contribution in [2.45, 2.75) is 6.18 Å². The second kappa shape index (κ2) is 4.00. The summed E-state index contributed by atoms with van der Waals surface area (Å²) in [6.45, 7) is 0. The maximum Gasteiger partial charge on any atom is 0.416 e. The van der Waals surface area contributed by atoms with Gasteiger partial charge < -0.3 is 3.83 Å². The Morgan fingerprint density at radius 3 is 2.07 bits per heavy atom. The lowest BCUT2D eigenvalue weighted by atomic mass is 10.1. The SMILES string of the molecule is O=C(OBr)c1ccc(C(F)(F)F)cc1. The van der Waals surface area contributed by atoms with Crippen molar-refractivity contribution in [2.24, 2.45) is 0 Å². The van der Waals surface area contributed by atoms with E-state index in [9.17, 15) is 18.0 Å². The maximum atomic E-state index is 12.1. The van der Waals surface area contributed by atoms with Crippen molar-refractivity contribution in [2.75, 3.05) is 0 Å². The minimum absolute atomic E-state index is 0.0508. The summed E-state index contributed by atoms with van der Waals surface area (Å²) >= 11 is 2.44. The van der Waals surface area contributed by atoms with Gasteiger partial charge in [-0.2, -0.15) is 13.2 Å². The van der Waals surface area contributed by atoms with Crippen molar-refractivity contribution in [3.63, 3.8) is 0 Å². The molecule has 0 spiro atoms. The molecular weight excluding hydrogens is 265 g/mol. The predicted molar refractivity (Wildman–Crippen MR) is 45.8 cm³/mol. The van der Waals surface area contributed by atoms with Crippen LogP contribution in [-0.2, 0) is 10.0 Å². The average molecular weight is 269 g/mol. The lowest BCUT2D eigenvalue weighted by Crippen LogP contribution is -2.05. The van der Waals surface area contributed by atoms with Gasteiger partial charge in [-0.25, -0.2) is 4.79 Å². The molecule has 0 radical (unpaired) electrons. The largest absolute Gasteiger partial charge is 0.416 e. The third-order valence-electron chi connectivity index (χ3n) is 1.52. The first-order valence-corrected chi connectivity index (χ1v) is 4.10. The summed E-state index contributed by atoms with van der Waals surface area (Å²) in [6.07, 6.45) is -4.39. The van der Waals surface area contributed by atoms with Crippen LogP contribution in [0.5, 0.6) is 0 Å². The molecule has 0 aliphatic carbocycles. The van der Waals surface area contributed by atoms with Crippen LogP contribution in [0.2, 0.25) is 0 Å². The summed E-state index contributed by atoms with van der Waals surface area (Å²) < 4.78 is 40.4. The van der Waals surface area contributed by atoms with Gasteiger partial charge in [0.15, 0.2) is 16.3 Å². The number of halogens is 4. The van der Waals surface area contributed by atoms with Crippen LogP contribution in [0.15, 0.2) is 24.3 Å². The first-order valence-electron chi connectivity index (χ1n) is 3.45. The fourth-order valence-electron chi connectivity index (χ4n) is 0.840. The number of alkyl halides is 3. The highest BCUT2D eigenvalue weighted by Gasteiger charge is 2.30. The zero-order valence-corrected chi connectivity index (χ0v) is 8.22. The number of hydrogen-bond acceptors (Lipinski definition) is 2. The Bertz CT molecular complexity index is 331.